The third-order valence-corrected chi connectivity index (χ3v) is 3.97. The van der Waals surface area contributed by atoms with Crippen molar-refractivity contribution in [3.63, 3.8) is 0 Å². The average molecular weight is 240 g/mol. The molecule has 3 heterocycles. The number of carbonyl (C=O) groups excluding carboxylic acids is 1. The first-order chi connectivity index (χ1) is 7.61. The maximum absolute atomic E-state index is 11.6. The summed E-state index contributed by atoms with van der Waals surface area (Å²) in [6, 6.07) is -0.263. The van der Waals surface area contributed by atoms with Crippen molar-refractivity contribution in [2.75, 3.05) is 6.54 Å². The fourth-order valence-corrected chi connectivity index (χ4v) is 3.33. The number of hydroxylamine groups is 2. The highest BCUT2D eigenvalue weighted by Crippen LogP contribution is 2.45. The Morgan fingerprint density at radius 3 is 3.00 bits per heavy atom. The zero-order chi connectivity index (χ0) is 11.4. The molecule has 0 radical (unpaired) electrons. The van der Waals surface area contributed by atoms with Crippen LogP contribution in [0.4, 0.5) is 4.79 Å². The number of hydrogen-bond donors (Lipinski definition) is 2. The van der Waals surface area contributed by atoms with Crippen LogP contribution in [0.5, 0.6) is 0 Å². The van der Waals surface area contributed by atoms with Crippen LogP contribution in [0.15, 0.2) is 11.4 Å². The number of carbonyl (C=O) groups is 2. The molecular formula is C9H8N2O4S. The van der Waals surface area contributed by atoms with Crippen LogP contribution < -0.4 is 0 Å². The molecule has 0 aromatic carbocycles. The summed E-state index contributed by atoms with van der Waals surface area (Å²) in [5.41, 5.74) is 0.738. The van der Waals surface area contributed by atoms with Crippen molar-refractivity contribution < 1.29 is 19.9 Å². The van der Waals surface area contributed by atoms with Gasteiger partial charge in [0.05, 0.1) is 6.54 Å². The number of hydrogen-bond acceptors (Lipinski definition) is 4. The second-order valence-electron chi connectivity index (χ2n) is 3.78. The van der Waals surface area contributed by atoms with Crippen molar-refractivity contribution >= 4 is 23.3 Å². The smallest absolute Gasteiger partial charge is 0.345 e. The number of carboxylic acid groups (broad SMARTS) is 1. The summed E-state index contributed by atoms with van der Waals surface area (Å²) in [6.45, 7) is 0.232. The summed E-state index contributed by atoms with van der Waals surface area (Å²) in [5.74, 6) is -1.06. The van der Waals surface area contributed by atoms with Gasteiger partial charge >= 0.3 is 12.0 Å². The molecule has 0 saturated carbocycles. The van der Waals surface area contributed by atoms with Crippen LogP contribution in [0, 0.1) is 0 Å². The predicted molar refractivity (Wildman–Crippen MR) is 53.2 cm³/mol. The lowest BCUT2D eigenvalue weighted by Gasteiger charge is -2.27. The number of nitrogens with zero attached hydrogens (tertiary/aromatic N) is 2. The molecule has 0 aliphatic carbocycles. The van der Waals surface area contributed by atoms with E-state index in [-0.39, 0.29) is 6.54 Å². The van der Waals surface area contributed by atoms with E-state index in [9.17, 15) is 14.8 Å². The number of amides is 2. The number of fused-ring (bicyclic) bond motifs is 4. The summed E-state index contributed by atoms with van der Waals surface area (Å²) in [6.07, 6.45) is 0. The third kappa shape index (κ3) is 0.987. The van der Waals surface area contributed by atoms with Crippen LogP contribution in [0.2, 0.25) is 0 Å². The lowest BCUT2D eigenvalue weighted by molar-refractivity contribution is -0.142. The molecule has 1 aromatic heterocycles. The molecule has 84 valence electrons. The first-order valence-electron chi connectivity index (χ1n) is 4.70. The minimum atomic E-state index is -1.06. The molecule has 0 unspecified atom stereocenters. The molecule has 2 atom stereocenters. The Morgan fingerprint density at radius 1 is 1.56 bits per heavy atom. The molecular weight excluding hydrogens is 232 g/mol. The summed E-state index contributed by atoms with van der Waals surface area (Å²) in [7, 11) is 0. The highest BCUT2D eigenvalue weighted by molar-refractivity contribution is 7.10. The minimum Gasteiger partial charge on any atom is -0.479 e. The molecule has 2 bridgehead atoms. The van der Waals surface area contributed by atoms with Gasteiger partial charge in [0.1, 0.15) is 6.04 Å². The summed E-state index contributed by atoms with van der Waals surface area (Å²) in [4.78, 5) is 24.6. The van der Waals surface area contributed by atoms with Crippen LogP contribution in [-0.2, 0) is 4.79 Å². The van der Waals surface area contributed by atoms with E-state index in [2.05, 4.69) is 0 Å². The van der Waals surface area contributed by atoms with Gasteiger partial charge in [-0.15, -0.1) is 11.3 Å². The first-order valence-corrected chi connectivity index (χ1v) is 5.58. The van der Waals surface area contributed by atoms with E-state index in [0.29, 0.717) is 9.94 Å². The predicted octanol–water partition coefficient (Wildman–Crippen LogP) is 1.06. The van der Waals surface area contributed by atoms with Crippen molar-refractivity contribution in [2.24, 2.45) is 0 Å². The van der Waals surface area contributed by atoms with Crippen molar-refractivity contribution in [1.82, 2.24) is 9.96 Å². The van der Waals surface area contributed by atoms with Gasteiger partial charge in [0, 0.05) is 4.88 Å². The van der Waals surface area contributed by atoms with Crippen LogP contribution in [0.1, 0.15) is 22.5 Å². The van der Waals surface area contributed by atoms with E-state index in [0.717, 1.165) is 5.56 Å². The number of rotatable bonds is 1. The molecule has 2 amide bonds. The molecule has 6 nitrogen and oxygen atoms in total. The van der Waals surface area contributed by atoms with Crippen molar-refractivity contribution in [3.8, 4) is 0 Å². The normalized spacial score (nSPS) is 27.2. The van der Waals surface area contributed by atoms with Crippen LogP contribution in [0.3, 0.4) is 0 Å². The summed E-state index contributed by atoms with van der Waals surface area (Å²) in [5, 5.41) is 21.1. The van der Waals surface area contributed by atoms with Crippen molar-refractivity contribution in [2.45, 2.75) is 12.1 Å². The van der Waals surface area contributed by atoms with E-state index in [4.69, 9.17) is 5.11 Å². The van der Waals surface area contributed by atoms with Gasteiger partial charge in [-0.1, -0.05) is 0 Å². The van der Waals surface area contributed by atoms with E-state index < -0.39 is 24.1 Å². The molecule has 2 N–H and O–H groups in total. The molecule has 0 spiro atoms. The average Bonchev–Trinajstić information content (AvgIpc) is 2.79. The number of urea groups is 1. The van der Waals surface area contributed by atoms with Gasteiger partial charge in [-0.05, 0) is 17.0 Å². The monoisotopic (exact) mass is 240 g/mol. The van der Waals surface area contributed by atoms with E-state index in [1.54, 1.807) is 11.4 Å². The standard InChI is InChI=1S/C9H8N2O4S/c12-8(13)6-7-4(1-2-16-7)5-3-10(6)9(14)11(5)15/h1-2,5-6,15H,3H2,(H,12,13)/t5-,6-/m0/s1. The van der Waals surface area contributed by atoms with Crippen molar-refractivity contribution in [1.29, 1.82) is 0 Å². The van der Waals surface area contributed by atoms with Gasteiger partial charge in [-0.25, -0.2) is 9.59 Å². The zero-order valence-corrected chi connectivity index (χ0v) is 8.85. The van der Waals surface area contributed by atoms with Crippen molar-refractivity contribution in [3.05, 3.63) is 21.9 Å². The maximum atomic E-state index is 11.6. The molecule has 2 aliphatic heterocycles. The van der Waals surface area contributed by atoms with Gasteiger partial charge in [-0.3, -0.25) is 5.21 Å². The van der Waals surface area contributed by atoms with Crippen LogP contribution >= 0.6 is 11.3 Å². The Balaban J connectivity index is 2.18. The lowest BCUT2D eigenvalue weighted by atomic mass is 10.00. The highest BCUT2D eigenvalue weighted by Gasteiger charge is 2.50. The number of carboxylic acids is 1. The van der Waals surface area contributed by atoms with Crippen LogP contribution in [0.25, 0.3) is 0 Å². The van der Waals surface area contributed by atoms with Gasteiger partial charge in [0.15, 0.2) is 6.04 Å². The molecule has 16 heavy (non-hydrogen) atoms. The largest absolute Gasteiger partial charge is 0.479 e. The Morgan fingerprint density at radius 2 is 2.31 bits per heavy atom. The fourth-order valence-electron chi connectivity index (χ4n) is 2.27. The van der Waals surface area contributed by atoms with E-state index in [1.807, 2.05) is 0 Å². The summed E-state index contributed by atoms with van der Waals surface area (Å²) >= 11 is 1.30. The van der Waals surface area contributed by atoms with E-state index >= 15 is 0 Å². The molecule has 1 saturated heterocycles. The SMILES string of the molecule is O=C(O)[C@@H]1c2sccc2[C@@H]2CN1C(=O)N2O. The Bertz CT molecular complexity index is 486. The quantitative estimate of drug-likeness (QED) is 0.719. The zero-order valence-electron chi connectivity index (χ0n) is 8.03. The van der Waals surface area contributed by atoms with Gasteiger partial charge in [-0.2, -0.15) is 5.06 Å². The molecule has 7 heteroatoms. The number of aliphatic carboxylic acids is 1. The third-order valence-electron chi connectivity index (χ3n) is 2.99. The van der Waals surface area contributed by atoms with E-state index in [1.165, 1.54) is 16.2 Å². The Hall–Kier alpha value is -1.60. The van der Waals surface area contributed by atoms with Gasteiger partial charge in [0.2, 0.25) is 0 Å². The molecule has 1 aromatic rings. The lowest BCUT2D eigenvalue weighted by Crippen LogP contribution is -2.37. The molecule has 1 fully saturated rings. The Kier molecular flexibility index (Phi) is 1.78. The molecule has 2 aliphatic rings. The van der Waals surface area contributed by atoms with Gasteiger partial charge < -0.3 is 10.0 Å². The van der Waals surface area contributed by atoms with Crippen LogP contribution in [-0.4, -0.2) is 38.8 Å². The first kappa shape index (κ1) is 9.61. The molecule has 3 rings (SSSR count). The second kappa shape index (κ2) is 2.96. The van der Waals surface area contributed by atoms with Gasteiger partial charge in [0.25, 0.3) is 0 Å². The topological polar surface area (TPSA) is 81.1 Å². The highest BCUT2D eigenvalue weighted by atomic mass is 32.1. The minimum absolute atomic E-state index is 0.232. The Labute approximate surface area is 94.3 Å². The second-order valence-corrected chi connectivity index (χ2v) is 4.72. The number of thiophene rings is 1. The summed E-state index contributed by atoms with van der Waals surface area (Å²) < 4.78 is 0. The fraction of sp³-hybridized carbons (Fsp3) is 0.333. The maximum Gasteiger partial charge on any atom is 0.345 e.